The minimum atomic E-state index is -2.91. The fourth-order valence-electron chi connectivity index (χ4n) is 4.11. The van der Waals surface area contributed by atoms with E-state index in [9.17, 15) is 19.3 Å². The number of rotatable bonds is 11. The van der Waals surface area contributed by atoms with Crippen LogP contribution in [0.3, 0.4) is 0 Å². The highest BCUT2D eigenvalue weighted by Gasteiger charge is 2.49. The van der Waals surface area contributed by atoms with Crippen molar-refractivity contribution < 1.29 is 28.6 Å². The zero-order chi connectivity index (χ0) is 25.8. The predicted octanol–water partition coefficient (Wildman–Crippen LogP) is 2.00. The number of aromatic nitrogens is 2. The van der Waals surface area contributed by atoms with Crippen molar-refractivity contribution in [1.29, 1.82) is 0 Å². The molecule has 1 saturated heterocycles. The van der Waals surface area contributed by atoms with Gasteiger partial charge in [-0.25, -0.2) is 9.36 Å². The molecule has 1 unspecified atom stereocenters. The van der Waals surface area contributed by atoms with Crippen LogP contribution in [0.15, 0.2) is 46.1 Å². The summed E-state index contributed by atoms with van der Waals surface area (Å²) in [6.07, 6.45) is -0.991. The van der Waals surface area contributed by atoms with Crippen molar-refractivity contribution in [1.82, 2.24) is 9.13 Å². The summed E-state index contributed by atoms with van der Waals surface area (Å²) >= 11 is 0. The molecule has 2 aromatic rings. The lowest BCUT2D eigenvalue weighted by atomic mass is 10.0. The standard InChI is InChI=1S/C24H35N2O8P/c1-16-13-25(24(29)26(21(16)27)15-32-14-18-9-7-6-8-10-18)22-19(33-12-11-31-3)17(2)20(34-22)23(28)35(4,5)30/h6-10,13,17,19-20,22-23,28H,11-12,14-15H2,1-5H3/t17-,19+,20-,22+,23?/m0/s1. The molecule has 5 atom stereocenters. The Kier molecular flexibility index (Phi) is 9.26. The summed E-state index contributed by atoms with van der Waals surface area (Å²) < 4.78 is 37.7. The van der Waals surface area contributed by atoms with E-state index in [1.165, 1.54) is 24.1 Å². The predicted molar refractivity (Wildman–Crippen MR) is 131 cm³/mol. The topological polar surface area (TPSA) is 118 Å². The molecule has 2 heterocycles. The first-order valence-corrected chi connectivity index (χ1v) is 14.2. The summed E-state index contributed by atoms with van der Waals surface area (Å²) in [4.78, 5) is 26.2. The molecular formula is C24H35N2O8P. The highest BCUT2D eigenvalue weighted by Crippen LogP contribution is 2.49. The normalized spacial score (nSPS) is 23.5. The molecule has 35 heavy (non-hydrogen) atoms. The SMILES string of the molecule is COCCO[C@@H]1[C@H](C)[C@@H](C(O)P(C)(C)=O)O[C@H]1n1cc(C)c(=O)n(COCc2ccccc2)c1=O. The van der Waals surface area contributed by atoms with Gasteiger partial charge in [-0.3, -0.25) is 9.36 Å². The van der Waals surface area contributed by atoms with Crippen molar-refractivity contribution >= 4 is 7.14 Å². The molecule has 1 N–H and O–H groups in total. The maximum atomic E-state index is 13.4. The van der Waals surface area contributed by atoms with Gasteiger partial charge in [0.25, 0.3) is 5.56 Å². The van der Waals surface area contributed by atoms with E-state index in [1.807, 2.05) is 37.3 Å². The van der Waals surface area contributed by atoms with Gasteiger partial charge in [-0.2, -0.15) is 0 Å². The first-order chi connectivity index (χ1) is 16.6. The molecule has 10 nitrogen and oxygen atoms in total. The Hall–Kier alpha value is -2.07. The smallest absolute Gasteiger partial charge is 0.335 e. The minimum absolute atomic E-state index is 0.233. The van der Waals surface area contributed by atoms with Gasteiger partial charge in [0, 0.05) is 24.8 Å². The Morgan fingerprint density at radius 2 is 1.86 bits per heavy atom. The van der Waals surface area contributed by atoms with Gasteiger partial charge in [-0.15, -0.1) is 0 Å². The van der Waals surface area contributed by atoms with E-state index in [0.717, 1.165) is 10.1 Å². The summed E-state index contributed by atoms with van der Waals surface area (Å²) in [5.74, 6) is -1.62. The van der Waals surface area contributed by atoms with Crippen molar-refractivity contribution in [3.63, 3.8) is 0 Å². The molecule has 3 rings (SSSR count). The maximum absolute atomic E-state index is 13.4. The van der Waals surface area contributed by atoms with Gasteiger partial charge in [-0.1, -0.05) is 37.3 Å². The van der Waals surface area contributed by atoms with Crippen LogP contribution < -0.4 is 11.2 Å². The van der Waals surface area contributed by atoms with Gasteiger partial charge in [0.05, 0.1) is 25.9 Å². The highest BCUT2D eigenvalue weighted by molar-refractivity contribution is 7.62. The summed E-state index contributed by atoms with van der Waals surface area (Å²) in [7, 11) is -1.37. The van der Waals surface area contributed by atoms with Gasteiger partial charge in [0.15, 0.2) is 6.23 Å². The number of methoxy groups -OCH3 is 1. The van der Waals surface area contributed by atoms with Crippen LogP contribution in [-0.2, 0) is 36.9 Å². The Labute approximate surface area is 204 Å². The van der Waals surface area contributed by atoms with Crippen LogP contribution in [0.5, 0.6) is 0 Å². The number of aliphatic hydroxyl groups is 1. The van der Waals surface area contributed by atoms with E-state index in [-0.39, 0.29) is 25.9 Å². The van der Waals surface area contributed by atoms with E-state index in [0.29, 0.717) is 12.2 Å². The Morgan fingerprint density at radius 1 is 1.17 bits per heavy atom. The minimum Gasteiger partial charge on any atom is -0.383 e. The first kappa shape index (κ1) is 27.5. The second-order valence-electron chi connectivity index (χ2n) is 9.22. The Bertz CT molecular complexity index is 1140. The van der Waals surface area contributed by atoms with Crippen LogP contribution in [0, 0.1) is 12.8 Å². The van der Waals surface area contributed by atoms with Gasteiger partial charge < -0.3 is 28.6 Å². The van der Waals surface area contributed by atoms with Gasteiger partial charge in [-0.05, 0) is 25.8 Å². The Morgan fingerprint density at radius 3 is 2.49 bits per heavy atom. The molecule has 0 bridgehead atoms. The molecule has 194 valence electrons. The summed E-state index contributed by atoms with van der Waals surface area (Å²) in [6, 6.07) is 9.42. The van der Waals surface area contributed by atoms with Crippen molar-refractivity contribution in [2.75, 3.05) is 33.7 Å². The molecular weight excluding hydrogens is 475 g/mol. The third-order valence-electron chi connectivity index (χ3n) is 6.12. The second-order valence-corrected chi connectivity index (χ2v) is 12.6. The van der Waals surface area contributed by atoms with E-state index in [4.69, 9.17) is 18.9 Å². The summed E-state index contributed by atoms with van der Waals surface area (Å²) in [5, 5.41) is 10.7. The van der Waals surface area contributed by atoms with E-state index in [2.05, 4.69) is 0 Å². The van der Waals surface area contributed by atoms with Crippen molar-refractivity contribution in [2.24, 2.45) is 5.92 Å². The fraction of sp³-hybridized carbons (Fsp3) is 0.583. The molecule has 11 heteroatoms. The monoisotopic (exact) mass is 510 g/mol. The van der Waals surface area contributed by atoms with Crippen LogP contribution in [0.25, 0.3) is 0 Å². The van der Waals surface area contributed by atoms with Crippen LogP contribution in [0.4, 0.5) is 0 Å². The number of hydrogen-bond acceptors (Lipinski definition) is 8. The molecule has 0 amide bonds. The first-order valence-electron chi connectivity index (χ1n) is 11.5. The van der Waals surface area contributed by atoms with Crippen LogP contribution >= 0.6 is 7.14 Å². The van der Waals surface area contributed by atoms with E-state index < -0.39 is 42.7 Å². The molecule has 0 aliphatic carbocycles. The highest BCUT2D eigenvalue weighted by atomic mass is 31.2. The maximum Gasteiger partial charge on any atom is 0.335 e. The zero-order valence-electron chi connectivity index (χ0n) is 20.8. The lowest BCUT2D eigenvalue weighted by molar-refractivity contribution is -0.0846. The van der Waals surface area contributed by atoms with Crippen molar-refractivity contribution in [2.45, 2.75) is 51.5 Å². The van der Waals surface area contributed by atoms with E-state index >= 15 is 0 Å². The van der Waals surface area contributed by atoms with Crippen LogP contribution in [-0.4, -0.2) is 65.9 Å². The lowest BCUT2D eigenvalue weighted by Crippen LogP contribution is -2.44. The number of nitrogens with zero attached hydrogens (tertiary/aromatic N) is 2. The molecule has 1 aromatic carbocycles. The average molecular weight is 511 g/mol. The zero-order valence-corrected chi connectivity index (χ0v) is 21.7. The number of benzene rings is 1. The molecule has 1 aromatic heterocycles. The third kappa shape index (κ3) is 6.39. The molecule has 1 aliphatic heterocycles. The van der Waals surface area contributed by atoms with E-state index in [1.54, 1.807) is 14.0 Å². The average Bonchev–Trinajstić information content (AvgIpc) is 3.14. The Balaban J connectivity index is 1.93. The molecule has 1 fully saturated rings. The lowest BCUT2D eigenvalue weighted by Gasteiger charge is -2.25. The van der Waals surface area contributed by atoms with Crippen LogP contribution in [0.2, 0.25) is 0 Å². The second kappa shape index (κ2) is 11.8. The van der Waals surface area contributed by atoms with Gasteiger partial charge >= 0.3 is 5.69 Å². The van der Waals surface area contributed by atoms with Crippen molar-refractivity contribution in [3.05, 3.63) is 68.5 Å². The molecule has 0 radical (unpaired) electrons. The number of ether oxygens (including phenoxy) is 4. The summed E-state index contributed by atoms with van der Waals surface area (Å²) in [6.45, 7) is 6.95. The molecule has 0 saturated carbocycles. The third-order valence-corrected chi connectivity index (χ3v) is 7.68. The molecule has 1 aliphatic rings. The van der Waals surface area contributed by atoms with Gasteiger partial charge in [0.1, 0.15) is 25.8 Å². The number of aryl methyl sites for hydroxylation is 1. The number of aliphatic hydroxyl groups excluding tert-OH is 1. The molecule has 0 spiro atoms. The largest absolute Gasteiger partial charge is 0.383 e. The van der Waals surface area contributed by atoms with Crippen molar-refractivity contribution in [3.8, 4) is 0 Å². The quantitative estimate of drug-likeness (QED) is 0.360. The van der Waals surface area contributed by atoms with Crippen LogP contribution in [0.1, 0.15) is 24.3 Å². The number of hydrogen-bond donors (Lipinski definition) is 1. The fourth-order valence-corrected chi connectivity index (χ4v) is 5.16. The van der Waals surface area contributed by atoms with Gasteiger partial charge in [0.2, 0.25) is 0 Å². The summed E-state index contributed by atoms with van der Waals surface area (Å²) in [5.41, 5.74) is 0.136.